The zero-order valence-corrected chi connectivity index (χ0v) is 23.2. The maximum atomic E-state index is 6.30. The molecule has 7 heteroatoms. The fourth-order valence-electron chi connectivity index (χ4n) is 4.16. The van der Waals surface area contributed by atoms with Crippen LogP contribution in [0.3, 0.4) is 0 Å². The summed E-state index contributed by atoms with van der Waals surface area (Å²) >= 11 is 0. The molecule has 2 N–H and O–H groups in total. The van der Waals surface area contributed by atoms with Gasteiger partial charge in [0.2, 0.25) is 0 Å². The molecular weight excluding hydrogens is 437 g/mol. The molecular formula is C23H52FeN3O2P. The monoisotopic (exact) mass is 489 g/mol. The second kappa shape index (κ2) is 20.4. The van der Waals surface area contributed by atoms with Crippen molar-refractivity contribution in [1.29, 1.82) is 0 Å². The molecule has 1 unspecified atom stereocenters. The molecule has 0 amide bonds. The Morgan fingerprint density at radius 2 is 1.27 bits per heavy atom. The van der Waals surface area contributed by atoms with Crippen LogP contribution >= 0.6 is 8.45 Å². The summed E-state index contributed by atoms with van der Waals surface area (Å²) in [6.07, 6.45) is 11.1. The van der Waals surface area contributed by atoms with E-state index in [9.17, 15) is 0 Å². The van der Waals surface area contributed by atoms with Crippen molar-refractivity contribution in [2.75, 3.05) is 34.0 Å². The average molecular weight is 490 g/mol. The molecule has 184 valence electrons. The van der Waals surface area contributed by atoms with Gasteiger partial charge < -0.3 is 29.8 Å². The molecule has 0 aromatic rings. The van der Waals surface area contributed by atoms with Gasteiger partial charge in [0.25, 0.3) is 0 Å². The van der Waals surface area contributed by atoms with Gasteiger partial charge in [-0.25, -0.2) is 9.34 Å². The van der Waals surface area contributed by atoms with Gasteiger partial charge in [-0.2, -0.15) is 0 Å². The summed E-state index contributed by atoms with van der Waals surface area (Å²) < 4.78 is 15.9. The largest absolute Gasteiger partial charge is 2.00 e. The Bertz CT molecular complexity index is 358. The molecule has 1 atom stereocenters. The maximum Gasteiger partial charge on any atom is 2.00 e. The predicted molar refractivity (Wildman–Crippen MR) is 130 cm³/mol. The SMILES string of the molecule is CC(C)N(C(C)C)P(OCC1CCCC1)N(C)CN.COCC1CCCC1.[CH3-].[CH3-].[Fe+2]. The molecule has 2 saturated carbocycles. The topological polar surface area (TPSA) is 51.0 Å². The summed E-state index contributed by atoms with van der Waals surface area (Å²) in [6, 6.07) is 0.951. The molecule has 2 fully saturated rings. The minimum absolute atomic E-state index is 0. The minimum atomic E-state index is -0.739. The van der Waals surface area contributed by atoms with Gasteiger partial charge in [0.05, 0.1) is 13.3 Å². The molecule has 0 saturated heterocycles. The Balaban J connectivity index is -0.000000565. The third-order valence-corrected chi connectivity index (χ3v) is 8.04. The van der Waals surface area contributed by atoms with Crippen LogP contribution in [0.1, 0.15) is 79.1 Å². The quantitative estimate of drug-likeness (QED) is 0.174. The first-order chi connectivity index (χ1) is 12.9. The van der Waals surface area contributed by atoms with E-state index in [1.807, 2.05) is 0 Å². The van der Waals surface area contributed by atoms with E-state index >= 15 is 0 Å². The molecule has 30 heavy (non-hydrogen) atoms. The summed E-state index contributed by atoms with van der Waals surface area (Å²) in [5, 5.41) is 0. The van der Waals surface area contributed by atoms with Crippen LogP contribution in [0, 0.1) is 26.7 Å². The van der Waals surface area contributed by atoms with E-state index < -0.39 is 8.45 Å². The number of methoxy groups -OCH3 is 1. The van der Waals surface area contributed by atoms with Crippen LogP contribution in [0.15, 0.2) is 0 Å². The van der Waals surface area contributed by atoms with E-state index in [2.05, 4.69) is 44.1 Å². The van der Waals surface area contributed by atoms with Gasteiger partial charge in [0, 0.05) is 25.8 Å². The van der Waals surface area contributed by atoms with Crippen molar-refractivity contribution < 1.29 is 26.3 Å². The number of hydrogen-bond acceptors (Lipinski definition) is 5. The van der Waals surface area contributed by atoms with Gasteiger partial charge in [0.1, 0.15) is 0 Å². The van der Waals surface area contributed by atoms with Gasteiger partial charge in [-0.15, -0.1) is 0 Å². The number of nitrogens with two attached hydrogens (primary N) is 1. The van der Waals surface area contributed by atoms with Crippen molar-refractivity contribution in [3.63, 3.8) is 0 Å². The molecule has 0 aliphatic heterocycles. The summed E-state index contributed by atoms with van der Waals surface area (Å²) in [5.74, 6) is 1.65. The Kier molecular flexibility index (Phi) is 24.0. The Hall–Kier alpha value is 0.749. The Labute approximate surface area is 201 Å². The average Bonchev–Trinajstić information content (AvgIpc) is 3.31. The van der Waals surface area contributed by atoms with E-state index in [-0.39, 0.29) is 31.9 Å². The van der Waals surface area contributed by atoms with Crippen LogP contribution in [-0.2, 0) is 26.3 Å². The van der Waals surface area contributed by atoms with Gasteiger partial charge in [0.15, 0.2) is 8.45 Å². The molecule has 0 aromatic carbocycles. The summed E-state index contributed by atoms with van der Waals surface area (Å²) in [6.45, 7) is 11.4. The number of nitrogens with zero attached hydrogens (tertiary/aromatic N) is 2. The Morgan fingerprint density at radius 1 is 0.867 bits per heavy atom. The van der Waals surface area contributed by atoms with Crippen molar-refractivity contribution in [3.8, 4) is 0 Å². The van der Waals surface area contributed by atoms with Gasteiger partial charge >= 0.3 is 17.1 Å². The molecule has 2 aliphatic rings. The molecule has 0 spiro atoms. The van der Waals surface area contributed by atoms with Crippen LogP contribution in [0.4, 0.5) is 0 Å². The smallest absolute Gasteiger partial charge is 0.384 e. The molecule has 0 heterocycles. The first-order valence-corrected chi connectivity index (χ1v) is 12.2. The van der Waals surface area contributed by atoms with E-state index in [1.54, 1.807) is 7.11 Å². The zero-order valence-electron chi connectivity index (χ0n) is 21.2. The second-order valence-electron chi connectivity index (χ2n) is 8.71. The Morgan fingerprint density at radius 3 is 1.60 bits per heavy atom. The van der Waals surface area contributed by atoms with E-state index in [1.165, 1.54) is 51.4 Å². The predicted octanol–water partition coefficient (Wildman–Crippen LogP) is 6.11. The number of rotatable bonds is 10. The normalized spacial score (nSPS) is 18.1. The van der Waals surface area contributed by atoms with Gasteiger partial charge in [-0.3, -0.25) is 0 Å². The summed E-state index contributed by atoms with van der Waals surface area (Å²) in [7, 11) is 3.12. The van der Waals surface area contributed by atoms with Crippen molar-refractivity contribution in [3.05, 3.63) is 14.9 Å². The second-order valence-corrected chi connectivity index (χ2v) is 10.6. The van der Waals surface area contributed by atoms with Gasteiger partial charge in [-0.05, 0) is 72.3 Å². The van der Waals surface area contributed by atoms with E-state index in [0.29, 0.717) is 18.8 Å². The number of hydrogen-bond donors (Lipinski definition) is 1. The maximum absolute atomic E-state index is 6.30. The molecule has 5 nitrogen and oxygen atoms in total. The first kappa shape index (κ1) is 35.3. The van der Waals surface area contributed by atoms with E-state index in [0.717, 1.165) is 25.0 Å². The standard InChI is InChI=1S/C14H32N3OP.C7H14O.2CH3.Fe/c1-12(2)17(13(3)4)19(16(5)11-15)18-10-14-8-6-7-9-14;1-8-6-7-4-2-3-5-7;;;/h12-14H,6-11,15H2,1-5H3;7H,2-6H2,1H3;2*1H3;/q;;2*-1;+2. The fraction of sp³-hybridized carbons (Fsp3) is 0.913. The summed E-state index contributed by atoms with van der Waals surface area (Å²) in [4.78, 5) is 0. The van der Waals surface area contributed by atoms with Crippen LogP contribution in [0.25, 0.3) is 0 Å². The van der Waals surface area contributed by atoms with Crippen molar-refractivity contribution in [1.82, 2.24) is 9.34 Å². The van der Waals surface area contributed by atoms with Crippen LogP contribution in [-0.4, -0.2) is 55.5 Å². The number of ether oxygens (including phenoxy) is 1. The zero-order chi connectivity index (χ0) is 20.2. The van der Waals surface area contributed by atoms with Crippen molar-refractivity contribution >= 4 is 8.45 Å². The van der Waals surface area contributed by atoms with Gasteiger partial charge in [-0.1, -0.05) is 25.7 Å². The fourth-order valence-corrected chi connectivity index (χ4v) is 6.12. The first-order valence-electron chi connectivity index (χ1n) is 11.0. The molecule has 0 bridgehead atoms. The minimum Gasteiger partial charge on any atom is -0.384 e. The van der Waals surface area contributed by atoms with Crippen LogP contribution in [0.5, 0.6) is 0 Å². The molecule has 2 rings (SSSR count). The third kappa shape index (κ3) is 13.3. The van der Waals surface area contributed by atoms with E-state index in [4.69, 9.17) is 15.0 Å². The van der Waals surface area contributed by atoms with Crippen LogP contribution in [0.2, 0.25) is 0 Å². The molecule has 2 aliphatic carbocycles. The van der Waals surface area contributed by atoms with Crippen molar-refractivity contribution in [2.45, 2.75) is 91.1 Å². The molecule has 0 radical (unpaired) electrons. The third-order valence-electron chi connectivity index (χ3n) is 5.59. The van der Waals surface area contributed by atoms with Crippen molar-refractivity contribution in [2.24, 2.45) is 17.6 Å². The molecule has 0 aromatic heterocycles. The van der Waals surface area contributed by atoms with Crippen LogP contribution < -0.4 is 5.73 Å². The summed E-state index contributed by atoms with van der Waals surface area (Å²) in [5.41, 5.74) is 5.83.